The van der Waals surface area contributed by atoms with E-state index in [0.717, 1.165) is 15.0 Å². The van der Waals surface area contributed by atoms with Gasteiger partial charge in [-0.15, -0.1) is 11.3 Å². The van der Waals surface area contributed by atoms with E-state index in [4.69, 9.17) is 0 Å². The van der Waals surface area contributed by atoms with Gasteiger partial charge in [0.2, 0.25) is 5.91 Å². The topological polar surface area (TPSA) is 43.9 Å². The van der Waals surface area contributed by atoms with Crippen LogP contribution in [-0.2, 0) is 11.3 Å². The molecule has 2 aromatic rings. The lowest BCUT2D eigenvalue weighted by molar-refractivity contribution is -0.130. The van der Waals surface area contributed by atoms with Crippen LogP contribution in [0.5, 0.6) is 0 Å². The fourth-order valence-corrected chi connectivity index (χ4v) is 3.66. The molecule has 0 saturated carbocycles. The van der Waals surface area contributed by atoms with Gasteiger partial charge in [0.05, 0.1) is 15.2 Å². The standard InChI is InChI=1S/C18H22BrN3O2S/c1-20(2)14-7-5-13(6-8-14)11-21(3)17(23)12-22(4)18(24)15-9-10-16(19)25-15/h5-10H,11-12H2,1-4H3. The molecule has 0 fully saturated rings. The first kappa shape index (κ1) is 19.5. The summed E-state index contributed by atoms with van der Waals surface area (Å²) in [7, 11) is 7.38. The van der Waals surface area contributed by atoms with Crippen molar-refractivity contribution in [2.24, 2.45) is 0 Å². The summed E-state index contributed by atoms with van der Waals surface area (Å²) in [5, 5.41) is 0. The molecule has 0 saturated heterocycles. The second kappa shape index (κ2) is 8.49. The van der Waals surface area contributed by atoms with E-state index in [1.807, 2.05) is 49.3 Å². The monoisotopic (exact) mass is 423 g/mol. The fourth-order valence-electron chi connectivity index (χ4n) is 2.27. The van der Waals surface area contributed by atoms with Crippen LogP contribution in [0.4, 0.5) is 5.69 Å². The van der Waals surface area contributed by atoms with Crippen LogP contribution in [0.25, 0.3) is 0 Å². The zero-order valence-electron chi connectivity index (χ0n) is 14.8. The van der Waals surface area contributed by atoms with Crippen LogP contribution in [0.15, 0.2) is 40.2 Å². The van der Waals surface area contributed by atoms with Gasteiger partial charge in [-0.25, -0.2) is 0 Å². The number of hydrogen-bond acceptors (Lipinski definition) is 4. The molecule has 7 heteroatoms. The Balaban J connectivity index is 1.92. The molecule has 2 amide bonds. The minimum absolute atomic E-state index is 0.0562. The normalized spacial score (nSPS) is 10.4. The summed E-state index contributed by atoms with van der Waals surface area (Å²) >= 11 is 4.71. The van der Waals surface area contributed by atoms with E-state index in [2.05, 4.69) is 15.9 Å². The summed E-state index contributed by atoms with van der Waals surface area (Å²) in [5.74, 6) is -0.240. The van der Waals surface area contributed by atoms with E-state index >= 15 is 0 Å². The van der Waals surface area contributed by atoms with E-state index < -0.39 is 0 Å². The molecule has 0 aliphatic carbocycles. The van der Waals surface area contributed by atoms with Gasteiger partial charge in [-0.1, -0.05) is 12.1 Å². The van der Waals surface area contributed by atoms with Gasteiger partial charge in [0.25, 0.3) is 5.91 Å². The van der Waals surface area contributed by atoms with Crippen molar-refractivity contribution in [1.82, 2.24) is 9.80 Å². The van der Waals surface area contributed by atoms with Gasteiger partial charge in [0.15, 0.2) is 0 Å². The molecule has 0 atom stereocenters. The molecule has 1 heterocycles. The van der Waals surface area contributed by atoms with Crippen LogP contribution >= 0.6 is 27.3 Å². The minimum Gasteiger partial charge on any atom is -0.378 e. The molecule has 0 aliphatic heterocycles. The van der Waals surface area contributed by atoms with E-state index in [1.165, 1.54) is 16.2 Å². The lowest BCUT2D eigenvalue weighted by Crippen LogP contribution is -2.38. The number of hydrogen-bond donors (Lipinski definition) is 0. The third-order valence-electron chi connectivity index (χ3n) is 3.80. The number of amides is 2. The largest absolute Gasteiger partial charge is 0.378 e. The van der Waals surface area contributed by atoms with E-state index in [-0.39, 0.29) is 18.4 Å². The maximum Gasteiger partial charge on any atom is 0.264 e. The molecule has 0 N–H and O–H groups in total. The van der Waals surface area contributed by atoms with Crippen LogP contribution < -0.4 is 4.90 Å². The van der Waals surface area contributed by atoms with Crippen LogP contribution in [0.1, 0.15) is 15.2 Å². The molecular formula is C18H22BrN3O2S. The summed E-state index contributed by atoms with van der Waals surface area (Å²) in [6, 6.07) is 11.7. The van der Waals surface area contributed by atoms with E-state index in [9.17, 15) is 9.59 Å². The number of nitrogens with zero attached hydrogens (tertiary/aromatic N) is 3. The van der Waals surface area contributed by atoms with Crippen molar-refractivity contribution in [2.75, 3.05) is 39.6 Å². The summed E-state index contributed by atoms with van der Waals surface area (Å²) in [4.78, 5) is 30.4. The predicted molar refractivity (Wildman–Crippen MR) is 106 cm³/mol. The zero-order valence-corrected chi connectivity index (χ0v) is 17.2. The van der Waals surface area contributed by atoms with Crippen LogP contribution in [0, 0.1) is 0 Å². The maximum atomic E-state index is 12.4. The van der Waals surface area contributed by atoms with Crippen molar-refractivity contribution in [3.63, 3.8) is 0 Å². The molecule has 134 valence electrons. The van der Waals surface area contributed by atoms with Gasteiger partial charge in [-0.05, 0) is 45.8 Å². The van der Waals surface area contributed by atoms with Gasteiger partial charge in [0, 0.05) is 40.4 Å². The average molecular weight is 424 g/mol. The smallest absolute Gasteiger partial charge is 0.264 e. The van der Waals surface area contributed by atoms with E-state index in [1.54, 1.807) is 25.1 Å². The van der Waals surface area contributed by atoms with Crippen molar-refractivity contribution in [3.8, 4) is 0 Å². The highest BCUT2D eigenvalue weighted by Crippen LogP contribution is 2.23. The Bertz CT molecular complexity index is 743. The lowest BCUT2D eigenvalue weighted by Gasteiger charge is -2.22. The molecule has 0 unspecified atom stereocenters. The third kappa shape index (κ3) is 5.31. The molecule has 0 bridgehead atoms. The number of halogens is 1. The van der Waals surface area contributed by atoms with Crippen LogP contribution in [0.3, 0.4) is 0 Å². The Morgan fingerprint density at radius 2 is 1.60 bits per heavy atom. The van der Waals surface area contributed by atoms with Crippen molar-refractivity contribution in [2.45, 2.75) is 6.54 Å². The Morgan fingerprint density at radius 1 is 0.960 bits per heavy atom. The van der Waals surface area contributed by atoms with Gasteiger partial charge < -0.3 is 14.7 Å². The molecule has 5 nitrogen and oxygen atoms in total. The van der Waals surface area contributed by atoms with Crippen molar-refractivity contribution in [1.29, 1.82) is 0 Å². The summed E-state index contributed by atoms with van der Waals surface area (Å²) in [6.45, 7) is 0.569. The number of anilines is 1. The minimum atomic E-state index is -0.146. The fraction of sp³-hybridized carbons (Fsp3) is 0.333. The Hall–Kier alpha value is -1.86. The first-order valence-electron chi connectivity index (χ1n) is 7.79. The lowest BCUT2D eigenvalue weighted by atomic mass is 10.2. The quantitative estimate of drug-likeness (QED) is 0.715. The molecule has 1 aromatic carbocycles. The number of carbonyl (C=O) groups is 2. The van der Waals surface area contributed by atoms with Gasteiger partial charge in [-0.2, -0.15) is 0 Å². The number of rotatable bonds is 6. The van der Waals surface area contributed by atoms with E-state index in [0.29, 0.717) is 11.4 Å². The highest BCUT2D eigenvalue weighted by atomic mass is 79.9. The van der Waals surface area contributed by atoms with Crippen LogP contribution in [-0.4, -0.2) is 56.3 Å². The Labute approximate surface area is 161 Å². The van der Waals surface area contributed by atoms with Crippen molar-refractivity contribution >= 4 is 44.8 Å². The molecule has 25 heavy (non-hydrogen) atoms. The predicted octanol–water partition coefficient (Wildman–Crippen LogP) is 3.31. The zero-order chi connectivity index (χ0) is 18.6. The van der Waals surface area contributed by atoms with Gasteiger partial charge >= 0.3 is 0 Å². The summed E-state index contributed by atoms with van der Waals surface area (Å²) in [5.41, 5.74) is 2.17. The number of benzene rings is 1. The Kier molecular flexibility index (Phi) is 6.61. The molecule has 1 aromatic heterocycles. The summed E-state index contributed by atoms with van der Waals surface area (Å²) < 4.78 is 0.897. The first-order chi connectivity index (χ1) is 11.8. The number of thiophene rings is 1. The highest BCUT2D eigenvalue weighted by Gasteiger charge is 2.18. The molecule has 0 spiro atoms. The second-order valence-corrected chi connectivity index (χ2v) is 8.54. The average Bonchev–Trinajstić information content (AvgIpc) is 3.00. The third-order valence-corrected chi connectivity index (χ3v) is 5.41. The van der Waals surface area contributed by atoms with Crippen LogP contribution in [0.2, 0.25) is 0 Å². The molecular weight excluding hydrogens is 402 g/mol. The van der Waals surface area contributed by atoms with Crippen molar-refractivity contribution in [3.05, 3.63) is 50.6 Å². The van der Waals surface area contributed by atoms with Gasteiger partial charge in [0.1, 0.15) is 0 Å². The number of carbonyl (C=O) groups excluding carboxylic acids is 2. The maximum absolute atomic E-state index is 12.4. The molecule has 0 aliphatic rings. The summed E-state index contributed by atoms with van der Waals surface area (Å²) in [6.07, 6.45) is 0. The SMILES string of the molecule is CN(Cc1ccc(N(C)C)cc1)C(=O)CN(C)C(=O)c1ccc(Br)s1. The first-order valence-corrected chi connectivity index (χ1v) is 9.40. The van der Waals surface area contributed by atoms with Crippen molar-refractivity contribution < 1.29 is 9.59 Å². The van der Waals surface area contributed by atoms with Gasteiger partial charge in [-0.3, -0.25) is 9.59 Å². The molecule has 0 radical (unpaired) electrons. The second-order valence-electron chi connectivity index (χ2n) is 6.08. The highest BCUT2D eigenvalue weighted by molar-refractivity contribution is 9.11. The Morgan fingerprint density at radius 3 is 2.12 bits per heavy atom. The number of likely N-dealkylation sites (N-methyl/N-ethyl adjacent to an activating group) is 2. The molecule has 2 rings (SSSR count).